The summed E-state index contributed by atoms with van der Waals surface area (Å²) in [5.74, 6) is 0.593. The fourth-order valence-corrected chi connectivity index (χ4v) is 4.70. The van der Waals surface area contributed by atoms with Crippen LogP contribution in [0.15, 0.2) is 66.9 Å². The van der Waals surface area contributed by atoms with Crippen molar-refractivity contribution in [2.75, 3.05) is 18.5 Å². The standard InChI is InChI=1S/C29H33N5O/c30-29(15-8-16-29)24-13-11-22(12-14-24)26-25(21-9-4-3-5-10-21)19-23-20-32-28(34-27(23)33-26)31-17-6-1-2-7-18-35/h3-5,9-14,19-20,35H,1-2,6-8,15-18,30H2,(H,31,32,33,34). The van der Waals surface area contributed by atoms with E-state index in [0.717, 1.165) is 72.8 Å². The van der Waals surface area contributed by atoms with Crippen molar-refractivity contribution in [3.63, 3.8) is 0 Å². The van der Waals surface area contributed by atoms with Crippen LogP contribution in [0.4, 0.5) is 5.95 Å². The van der Waals surface area contributed by atoms with Gasteiger partial charge < -0.3 is 16.2 Å². The van der Waals surface area contributed by atoms with Crippen LogP contribution < -0.4 is 11.1 Å². The lowest BCUT2D eigenvalue weighted by molar-refractivity contribution is 0.253. The van der Waals surface area contributed by atoms with Crippen LogP contribution in [0.2, 0.25) is 0 Å². The van der Waals surface area contributed by atoms with E-state index < -0.39 is 0 Å². The quantitative estimate of drug-likeness (QED) is 0.260. The molecule has 35 heavy (non-hydrogen) atoms. The number of pyridine rings is 1. The van der Waals surface area contributed by atoms with Crippen LogP contribution in [0.5, 0.6) is 0 Å². The Morgan fingerprint density at radius 1 is 0.886 bits per heavy atom. The Hall–Kier alpha value is -3.35. The third-order valence-corrected chi connectivity index (χ3v) is 7.00. The topological polar surface area (TPSA) is 97.0 Å². The lowest BCUT2D eigenvalue weighted by Crippen LogP contribution is -2.43. The second-order valence-corrected chi connectivity index (χ2v) is 9.51. The fraction of sp³-hybridized carbons (Fsp3) is 0.345. The summed E-state index contributed by atoms with van der Waals surface area (Å²) < 4.78 is 0. The summed E-state index contributed by atoms with van der Waals surface area (Å²) in [6, 6.07) is 21.0. The Balaban J connectivity index is 1.46. The normalized spacial score (nSPS) is 14.6. The molecule has 0 aliphatic heterocycles. The minimum atomic E-state index is -0.177. The van der Waals surface area contributed by atoms with E-state index in [4.69, 9.17) is 20.8 Å². The summed E-state index contributed by atoms with van der Waals surface area (Å²) in [6.07, 6.45) is 9.11. The minimum Gasteiger partial charge on any atom is -0.396 e. The van der Waals surface area contributed by atoms with Gasteiger partial charge in [0.25, 0.3) is 0 Å². The number of nitrogens with one attached hydrogen (secondary N) is 1. The van der Waals surface area contributed by atoms with Gasteiger partial charge in [0.05, 0.1) is 5.69 Å². The van der Waals surface area contributed by atoms with Gasteiger partial charge in [0.2, 0.25) is 5.95 Å². The average molecular weight is 468 g/mol. The highest BCUT2D eigenvalue weighted by Gasteiger charge is 2.34. The highest BCUT2D eigenvalue weighted by Crippen LogP contribution is 2.40. The number of aromatic nitrogens is 3. The predicted molar refractivity (Wildman–Crippen MR) is 142 cm³/mol. The first-order valence-corrected chi connectivity index (χ1v) is 12.6. The van der Waals surface area contributed by atoms with E-state index in [1.165, 1.54) is 12.0 Å². The van der Waals surface area contributed by atoms with Gasteiger partial charge in [-0.3, -0.25) is 0 Å². The van der Waals surface area contributed by atoms with E-state index in [1.807, 2.05) is 24.4 Å². The summed E-state index contributed by atoms with van der Waals surface area (Å²) in [5.41, 5.74) is 12.4. The molecule has 4 aromatic rings. The summed E-state index contributed by atoms with van der Waals surface area (Å²) in [7, 11) is 0. The number of fused-ring (bicyclic) bond motifs is 1. The van der Waals surface area contributed by atoms with Gasteiger partial charge >= 0.3 is 0 Å². The molecule has 1 fully saturated rings. The highest BCUT2D eigenvalue weighted by atomic mass is 16.2. The van der Waals surface area contributed by atoms with Crippen LogP contribution in [-0.4, -0.2) is 33.2 Å². The van der Waals surface area contributed by atoms with E-state index in [-0.39, 0.29) is 12.1 Å². The fourth-order valence-electron chi connectivity index (χ4n) is 4.70. The molecule has 2 aromatic carbocycles. The van der Waals surface area contributed by atoms with Crippen LogP contribution in [0.25, 0.3) is 33.4 Å². The molecule has 2 aromatic heterocycles. The number of rotatable bonds is 10. The van der Waals surface area contributed by atoms with E-state index in [1.54, 1.807) is 0 Å². The lowest BCUT2D eigenvalue weighted by atomic mass is 9.72. The zero-order valence-corrected chi connectivity index (χ0v) is 20.1. The largest absolute Gasteiger partial charge is 0.396 e. The molecule has 0 unspecified atom stereocenters. The molecular formula is C29H33N5O. The maximum atomic E-state index is 8.91. The van der Waals surface area contributed by atoms with Crippen LogP contribution in [0, 0.1) is 0 Å². The molecule has 0 amide bonds. The molecule has 6 heteroatoms. The summed E-state index contributed by atoms with van der Waals surface area (Å²) in [6.45, 7) is 1.06. The Kier molecular flexibility index (Phi) is 7.02. The summed E-state index contributed by atoms with van der Waals surface area (Å²) in [4.78, 5) is 14.3. The van der Waals surface area contributed by atoms with Crippen molar-refractivity contribution in [2.24, 2.45) is 5.73 Å². The van der Waals surface area contributed by atoms with E-state index in [2.05, 4.69) is 52.8 Å². The molecule has 1 aliphatic rings. The Bertz CT molecular complexity index is 1270. The first-order valence-electron chi connectivity index (χ1n) is 12.6. The summed E-state index contributed by atoms with van der Waals surface area (Å²) in [5, 5.41) is 13.1. The number of anilines is 1. The van der Waals surface area contributed by atoms with Crippen LogP contribution in [-0.2, 0) is 5.54 Å². The Morgan fingerprint density at radius 2 is 1.66 bits per heavy atom. The molecule has 180 valence electrons. The van der Waals surface area contributed by atoms with Crippen molar-refractivity contribution in [1.82, 2.24) is 15.0 Å². The zero-order valence-electron chi connectivity index (χ0n) is 20.1. The second kappa shape index (κ2) is 10.5. The number of nitrogens with zero attached hydrogens (tertiary/aromatic N) is 3. The van der Waals surface area contributed by atoms with Crippen molar-refractivity contribution in [3.05, 3.63) is 72.4 Å². The van der Waals surface area contributed by atoms with Crippen LogP contribution in [0.3, 0.4) is 0 Å². The van der Waals surface area contributed by atoms with E-state index in [0.29, 0.717) is 11.6 Å². The van der Waals surface area contributed by atoms with Crippen LogP contribution >= 0.6 is 0 Å². The van der Waals surface area contributed by atoms with Crippen molar-refractivity contribution in [2.45, 2.75) is 50.5 Å². The van der Waals surface area contributed by atoms with Gasteiger partial charge in [-0.05, 0) is 49.3 Å². The van der Waals surface area contributed by atoms with Gasteiger partial charge in [-0.2, -0.15) is 4.98 Å². The van der Waals surface area contributed by atoms with Crippen molar-refractivity contribution in [1.29, 1.82) is 0 Å². The Labute approximate surface area is 206 Å². The molecule has 0 atom stereocenters. The molecular weight excluding hydrogens is 434 g/mol. The molecule has 6 nitrogen and oxygen atoms in total. The molecule has 1 aliphatic carbocycles. The van der Waals surface area contributed by atoms with Crippen molar-refractivity contribution in [3.8, 4) is 22.4 Å². The predicted octanol–water partition coefficient (Wildman–Crippen LogP) is 5.66. The first-order chi connectivity index (χ1) is 17.2. The van der Waals surface area contributed by atoms with Gasteiger partial charge in [-0.15, -0.1) is 0 Å². The highest BCUT2D eigenvalue weighted by molar-refractivity contribution is 5.90. The SMILES string of the molecule is NC1(c2ccc(-c3nc4nc(NCCCCCCO)ncc4cc3-c3ccccc3)cc2)CCC1. The second-order valence-electron chi connectivity index (χ2n) is 9.51. The maximum absolute atomic E-state index is 8.91. The van der Waals surface area contributed by atoms with Crippen molar-refractivity contribution < 1.29 is 5.11 Å². The molecule has 0 radical (unpaired) electrons. The Morgan fingerprint density at radius 3 is 2.37 bits per heavy atom. The van der Waals surface area contributed by atoms with Crippen LogP contribution in [0.1, 0.15) is 50.5 Å². The zero-order chi connectivity index (χ0) is 24.1. The molecule has 1 saturated carbocycles. The molecule has 4 N–H and O–H groups in total. The molecule has 5 rings (SSSR count). The number of aliphatic hydroxyl groups excluding tert-OH is 1. The monoisotopic (exact) mass is 467 g/mol. The molecule has 2 heterocycles. The van der Waals surface area contributed by atoms with Gasteiger partial charge in [0.1, 0.15) is 0 Å². The number of hydrogen-bond donors (Lipinski definition) is 3. The number of benzene rings is 2. The minimum absolute atomic E-state index is 0.177. The number of unbranched alkanes of at least 4 members (excludes halogenated alkanes) is 3. The number of hydrogen-bond acceptors (Lipinski definition) is 6. The molecule has 0 spiro atoms. The lowest BCUT2D eigenvalue weighted by Gasteiger charge is -2.38. The number of nitrogens with two attached hydrogens (primary N) is 1. The van der Waals surface area contributed by atoms with Gasteiger partial charge in [-0.25, -0.2) is 9.97 Å². The molecule has 0 saturated heterocycles. The average Bonchev–Trinajstić information content (AvgIpc) is 2.89. The first kappa shape index (κ1) is 23.4. The smallest absolute Gasteiger partial charge is 0.224 e. The van der Waals surface area contributed by atoms with Gasteiger partial charge in [0, 0.05) is 41.4 Å². The van der Waals surface area contributed by atoms with Crippen molar-refractivity contribution >= 4 is 17.0 Å². The summed E-state index contributed by atoms with van der Waals surface area (Å²) >= 11 is 0. The molecule has 0 bridgehead atoms. The van der Waals surface area contributed by atoms with Gasteiger partial charge in [-0.1, -0.05) is 67.4 Å². The third kappa shape index (κ3) is 5.19. The third-order valence-electron chi connectivity index (χ3n) is 7.00. The maximum Gasteiger partial charge on any atom is 0.224 e. The van der Waals surface area contributed by atoms with E-state index >= 15 is 0 Å². The van der Waals surface area contributed by atoms with E-state index in [9.17, 15) is 0 Å². The van der Waals surface area contributed by atoms with Gasteiger partial charge in [0.15, 0.2) is 5.65 Å². The number of aliphatic hydroxyl groups is 1.